The van der Waals surface area contributed by atoms with E-state index in [2.05, 4.69) is 17.1 Å². The van der Waals surface area contributed by atoms with Crippen LogP contribution in [0.15, 0.2) is 34.1 Å². The molecule has 2 fully saturated rings. The lowest BCUT2D eigenvalue weighted by Crippen LogP contribution is -2.33. The van der Waals surface area contributed by atoms with E-state index >= 15 is 0 Å². The first-order chi connectivity index (χ1) is 11.2. The van der Waals surface area contributed by atoms with Gasteiger partial charge in [-0.2, -0.15) is 0 Å². The van der Waals surface area contributed by atoms with Crippen LogP contribution in [-0.4, -0.2) is 17.3 Å². The monoisotopic (exact) mass is 345 g/mol. The van der Waals surface area contributed by atoms with Crippen LogP contribution in [-0.2, 0) is 0 Å². The number of methoxy groups -OCH3 is 1. The Kier molecular flexibility index (Phi) is 3.17. The average molecular weight is 345 g/mol. The number of nitrogens with one attached hydrogen (secondary N) is 1. The van der Waals surface area contributed by atoms with Crippen molar-refractivity contribution in [1.29, 1.82) is 0 Å². The fourth-order valence-corrected chi connectivity index (χ4v) is 7.93. The molecule has 0 saturated heterocycles. The Labute approximate surface area is 143 Å². The number of ether oxygens (including phenoxy) is 1. The number of H-pyrrole nitrogens is 1. The van der Waals surface area contributed by atoms with Crippen molar-refractivity contribution in [3.63, 3.8) is 0 Å². The van der Waals surface area contributed by atoms with Crippen molar-refractivity contribution in [2.24, 2.45) is 17.8 Å². The van der Waals surface area contributed by atoms with Crippen molar-refractivity contribution >= 4 is 23.1 Å². The normalized spacial score (nSPS) is 34.2. The summed E-state index contributed by atoms with van der Waals surface area (Å²) in [5, 5.41) is 1.81. The van der Waals surface area contributed by atoms with Crippen LogP contribution in [0.2, 0.25) is 0 Å². The minimum absolute atomic E-state index is 0.0910. The Hall–Kier alpha value is -1.20. The Morgan fingerprint density at radius 1 is 1.17 bits per heavy atom. The minimum Gasteiger partial charge on any atom is -0.497 e. The Bertz CT molecular complexity index is 794. The highest BCUT2D eigenvalue weighted by molar-refractivity contribution is 8.00. The number of thiazole rings is 1. The summed E-state index contributed by atoms with van der Waals surface area (Å²) in [6, 6.07) is 8.48. The van der Waals surface area contributed by atoms with Gasteiger partial charge in [0, 0.05) is 16.0 Å². The van der Waals surface area contributed by atoms with Gasteiger partial charge in [-0.25, -0.2) is 0 Å². The topological polar surface area (TPSA) is 42.1 Å². The van der Waals surface area contributed by atoms with Crippen LogP contribution < -0.4 is 9.61 Å². The molecule has 2 saturated carbocycles. The lowest BCUT2D eigenvalue weighted by Gasteiger charge is -2.40. The summed E-state index contributed by atoms with van der Waals surface area (Å²) in [5.74, 6) is 3.63. The van der Waals surface area contributed by atoms with Crippen LogP contribution in [0.3, 0.4) is 0 Å². The molecule has 5 atom stereocenters. The molecule has 3 aliphatic rings. The van der Waals surface area contributed by atoms with Crippen molar-refractivity contribution in [3.05, 3.63) is 44.4 Å². The van der Waals surface area contributed by atoms with Crippen LogP contribution in [0.1, 0.15) is 35.6 Å². The van der Waals surface area contributed by atoms with Gasteiger partial charge in [-0.3, -0.25) is 4.79 Å². The summed E-state index contributed by atoms with van der Waals surface area (Å²) in [5.41, 5.74) is 1.34. The summed E-state index contributed by atoms with van der Waals surface area (Å²) >= 11 is 3.36. The number of aromatic amines is 1. The first kappa shape index (κ1) is 14.2. The highest BCUT2D eigenvalue weighted by Crippen LogP contribution is 2.63. The van der Waals surface area contributed by atoms with Crippen LogP contribution in [0.5, 0.6) is 5.75 Å². The van der Waals surface area contributed by atoms with E-state index in [9.17, 15) is 4.79 Å². The summed E-state index contributed by atoms with van der Waals surface area (Å²) in [4.78, 5) is 16.4. The smallest absolute Gasteiger partial charge is 0.305 e. The highest BCUT2D eigenvalue weighted by Gasteiger charge is 2.54. The summed E-state index contributed by atoms with van der Waals surface area (Å²) in [7, 11) is 1.70. The van der Waals surface area contributed by atoms with Gasteiger partial charge in [0.25, 0.3) is 0 Å². The number of hydrogen-bond donors (Lipinski definition) is 1. The van der Waals surface area contributed by atoms with E-state index in [4.69, 9.17) is 4.74 Å². The second-order valence-corrected chi connectivity index (χ2v) is 9.15. The number of rotatable bonds is 2. The first-order valence-corrected chi connectivity index (χ1v) is 9.98. The van der Waals surface area contributed by atoms with Crippen LogP contribution in [0, 0.1) is 17.8 Å². The van der Waals surface area contributed by atoms with Gasteiger partial charge < -0.3 is 9.72 Å². The number of fused-ring (bicyclic) bond motifs is 6. The summed E-state index contributed by atoms with van der Waals surface area (Å²) < 4.78 is 5.31. The van der Waals surface area contributed by atoms with E-state index in [0.717, 1.165) is 22.6 Å². The second-order valence-electron chi connectivity index (χ2n) is 6.95. The molecule has 0 unspecified atom stereocenters. The van der Waals surface area contributed by atoms with Gasteiger partial charge in [0.05, 0.1) is 12.1 Å². The molecule has 5 rings (SSSR count). The van der Waals surface area contributed by atoms with Crippen LogP contribution in [0.25, 0.3) is 0 Å². The molecule has 0 spiro atoms. The van der Waals surface area contributed by atoms with Gasteiger partial charge in [-0.1, -0.05) is 23.5 Å². The van der Waals surface area contributed by atoms with Gasteiger partial charge in [0.2, 0.25) is 0 Å². The maximum Gasteiger partial charge on any atom is 0.305 e. The zero-order valence-corrected chi connectivity index (χ0v) is 14.6. The van der Waals surface area contributed by atoms with Crippen molar-refractivity contribution in [3.8, 4) is 5.75 Å². The minimum atomic E-state index is 0.0910. The van der Waals surface area contributed by atoms with E-state index in [1.807, 2.05) is 23.9 Å². The summed E-state index contributed by atoms with van der Waals surface area (Å²) in [6.07, 6.45) is 4.12. The Morgan fingerprint density at radius 2 is 1.96 bits per heavy atom. The van der Waals surface area contributed by atoms with E-state index in [1.165, 1.54) is 41.0 Å². The third-order valence-electron chi connectivity index (χ3n) is 5.94. The Balaban J connectivity index is 1.64. The lowest BCUT2D eigenvalue weighted by atomic mass is 9.75. The van der Waals surface area contributed by atoms with Crippen molar-refractivity contribution in [2.45, 2.75) is 35.5 Å². The van der Waals surface area contributed by atoms with E-state index in [-0.39, 0.29) is 4.87 Å². The van der Waals surface area contributed by atoms with Crippen LogP contribution in [0.4, 0.5) is 0 Å². The van der Waals surface area contributed by atoms with Gasteiger partial charge in [0.15, 0.2) is 0 Å². The van der Waals surface area contributed by atoms with E-state index in [1.54, 1.807) is 7.11 Å². The standard InChI is InChI=1S/C18H19NO2S2/c1-21-12-6-4-9(5-7-12)13-14-10-2-3-11(8-10)15(14)22-17-16(13)23-18(20)19-17/h4-7,10-11,13-15H,2-3,8H2,1H3,(H,19,20)/t10-,11-,13+,14+,15+/m1/s1. The molecular formula is C18H19NO2S2. The quantitative estimate of drug-likeness (QED) is 0.891. The molecule has 23 heavy (non-hydrogen) atoms. The van der Waals surface area contributed by atoms with Gasteiger partial charge in [-0.15, -0.1) is 11.8 Å². The van der Waals surface area contributed by atoms with E-state index in [0.29, 0.717) is 17.1 Å². The van der Waals surface area contributed by atoms with Gasteiger partial charge in [-0.05, 0) is 54.7 Å². The van der Waals surface area contributed by atoms with Crippen LogP contribution >= 0.6 is 23.1 Å². The molecular weight excluding hydrogens is 326 g/mol. The molecule has 0 amide bonds. The molecule has 2 aliphatic carbocycles. The first-order valence-electron chi connectivity index (χ1n) is 8.28. The molecule has 1 aromatic carbocycles. The maximum absolute atomic E-state index is 12.0. The second kappa shape index (κ2) is 5.15. The molecule has 120 valence electrons. The number of thioether (sulfide) groups is 1. The predicted molar refractivity (Wildman–Crippen MR) is 93.7 cm³/mol. The number of hydrogen-bond acceptors (Lipinski definition) is 4. The molecule has 1 aromatic heterocycles. The molecule has 5 heteroatoms. The van der Waals surface area contributed by atoms with Crippen molar-refractivity contribution < 1.29 is 4.74 Å². The fraction of sp³-hybridized carbons (Fsp3) is 0.500. The van der Waals surface area contributed by atoms with Crippen molar-refractivity contribution in [2.75, 3.05) is 7.11 Å². The molecule has 2 heterocycles. The largest absolute Gasteiger partial charge is 0.497 e. The third-order valence-corrected chi connectivity index (χ3v) is 8.56. The molecule has 1 N–H and O–H groups in total. The zero-order valence-electron chi connectivity index (χ0n) is 13.0. The van der Waals surface area contributed by atoms with Gasteiger partial charge in [0.1, 0.15) is 5.75 Å². The van der Waals surface area contributed by atoms with E-state index < -0.39 is 0 Å². The molecule has 1 aliphatic heterocycles. The molecule has 2 aromatic rings. The SMILES string of the molecule is COc1ccc([C@@H]2c3sc(=O)[nH]c3S[C@H]3[C@@H]4CC[C@H](C4)[C@@H]23)cc1. The van der Waals surface area contributed by atoms with Gasteiger partial charge >= 0.3 is 4.87 Å². The highest BCUT2D eigenvalue weighted by atomic mass is 32.2. The molecule has 0 radical (unpaired) electrons. The predicted octanol–water partition coefficient (Wildman–Crippen LogP) is 4.10. The third kappa shape index (κ3) is 2.06. The number of aromatic nitrogens is 1. The Morgan fingerprint density at radius 3 is 2.74 bits per heavy atom. The number of benzene rings is 1. The fourth-order valence-electron chi connectivity index (χ4n) is 5.03. The summed E-state index contributed by atoms with van der Waals surface area (Å²) in [6.45, 7) is 0. The molecule has 3 nitrogen and oxygen atoms in total. The zero-order chi connectivity index (χ0) is 15.6. The maximum atomic E-state index is 12.0. The van der Waals surface area contributed by atoms with Crippen molar-refractivity contribution in [1.82, 2.24) is 4.98 Å². The average Bonchev–Trinajstić information content (AvgIpc) is 3.26. The lowest BCUT2D eigenvalue weighted by molar-refractivity contribution is 0.307. The molecule has 2 bridgehead atoms.